The van der Waals surface area contributed by atoms with Crippen molar-refractivity contribution in [3.8, 4) is 0 Å². The van der Waals surface area contributed by atoms with Gasteiger partial charge >= 0.3 is 6.18 Å². The molecule has 1 atom stereocenters. The van der Waals surface area contributed by atoms with Gasteiger partial charge in [-0.25, -0.2) is 8.42 Å². The average Bonchev–Trinajstić information content (AvgIpc) is 2.62. The van der Waals surface area contributed by atoms with Crippen LogP contribution < -0.4 is 10.0 Å². The third-order valence-corrected chi connectivity index (χ3v) is 4.98. The number of benzene rings is 2. The number of sulfonamides is 1. The second-order valence-corrected chi connectivity index (χ2v) is 7.98. The quantitative estimate of drug-likeness (QED) is 0.654. The molecular weight excluding hydrogens is 409 g/mol. The van der Waals surface area contributed by atoms with Gasteiger partial charge in [0.15, 0.2) is 0 Å². The van der Waals surface area contributed by atoms with E-state index in [-0.39, 0.29) is 11.4 Å². The first-order valence-corrected chi connectivity index (χ1v) is 9.83. The number of rotatable bonds is 6. The zero-order valence-electron chi connectivity index (χ0n) is 15.5. The van der Waals surface area contributed by atoms with Crippen molar-refractivity contribution < 1.29 is 31.5 Å². The summed E-state index contributed by atoms with van der Waals surface area (Å²) < 4.78 is 64.8. The highest BCUT2D eigenvalue weighted by Crippen LogP contribution is 2.31. The highest BCUT2D eigenvalue weighted by molar-refractivity contribution is 7.95. The number of carbonyl (C=O) groups is 1. The molecule has 0 aliphatic rings. The fraction of sp³-hybridized carbons (Fsp3) is 0.211. The Morgan fingerprint density at radius 1 is 1.10 bits per heavy atom. The van der Waals surface area contributed by atoms with Gasteiger partial charge in [0.2, 0.25) is 5.60 Å². The molecule has 0 heterocycles. The molecule has 0 bridgehead atoms. The monoisotopic (exact) mass is 428 g/mol. The molecule has 2 rings (SSSR count). The second-order valence-electron chi connectivity index (χ2n) is 6.41. The van der Waals surface area contributed by atoms with Gasteiger partial charge < -0.3 is 10.4 Å². The molecule has 0 spiro atoms. The summed E-state index contributed by atoms with van der Waals surface area (Å²) in [4.78, 5) is 11.8. The van der Waals surface area contributed by atoms with E-state index in [4.69, 9.17) is 0 Å². The molecule has 0 aliphatic heterocycles. The molecule has 0 saturated heterocycles. The van der Waals surface area contributed by atoms with Gasteiger partial charge in [-0.2, -0.15) is 13.2 Å². The molecule has 2 aromatic carbocycles. The van der Waals surface area contributed by atoms with Crippen LogP contribution in [0.4, 0.5) is 24.5 Å². The Morgan fingerprint density at radius 2 is 1.72 bits per heavy atom. The van der Waals surface area contributed by atoms with E-state index in [9.17, 15) is 31.5 Å². The number of aliphatic hydroxyl groups is 1. The van der Waals surface area contributed by atoms with Gasteiger partial charge in [-0.05, 0) is 49.2 Å². The summed E-state index contributed by atoms with van der Waals surface area (Å²) in [7, 11) is -3.83. The molecule has 0 unspecified atom stereocenters. The molecule has 0 radical (unpaired) electrons. The molecule has 0 fully saturated rings. The first-order valence-electron chi connectivity index (χ1n) is 8.29. The minimum atomic E-state index is -5.15. The fourth-order valence-electron chi connectivity index (χ4n) is 2.17. The predicted molar refractivity (Wildman–Crippen MR) is 105 cm³/mol. The van der Waals surface area contributed by atoms with E-state index in [1.165, 1.54) is 31.2 Å². The summed E-state index contributed by atoms with van der Waals surface area (Å²) in [6.07, 6.45) is -3.74. The van der Waals surface area contributed by atoms with Crippen molar-refractivity contribution in [3.05, 3.63) is 65.1 Å². The van der Waals surface area contributed by atoms with Crippen LogP contribution in [-0.2, 0) is 14.8 Å². The topological polar surface area (TPSA) is 95.5 Å². The Balaban J connectivity index is 2.13. The Morgan fingerprint density at radius 3 is 2.28 bits per heavy atom. The van der Waals surface area contributed by atoms with Gasteiger partial charge in [0.1, 0.15) is 0 Å². The van der Waals surface area contributed by atoms with E-state index < -0.39 is 27.7 Å². The Bertz CT molecular complexity index is 1020. The third-order valence-electron chi connectivity index (χ3n) is 3.97. The maximum absolute atomic E-state index is 12.7. The zero-order chi connectivity index (χ0) is 21.9. The molecule has 0 aliphatic carbocycles. The summed E-state index contributed by atoms with van der Waals surface area (Å²) in [6.45, 7) is 1.81. The van der Waals surface area contributed by atoms with Crippen molar-refractivity contribution in [3.63, 3.8) is 0 Å². The smallest absolute Gasteiger partial charge is 0.373 e. The van der Waals surface area contributed by atoms with Crippen LogP contribution in [0.3, 0.4) is 0 Å². The molecule has 3 N–H and O–H groups in total. The number of hydrogen-bond donors (Lipinski definition) is 3. The van der Waals surface area contributed by atoms with Crippen LogP contribution in [0, 0.1) is 6.92 Å². The molecule has 10 heteroatoms. The van der Waals surface area contributed by atoms with Gasteiger partial charge in [-0.1, -0.05) is 30.3 Å². The van der Waals surface area contributed by atoms with E-state index >= 15 is 0 Å². The Hall–Kier alpha value is -2.85. The first-order chi connectivity index (χ1) is 13.3. The van der Waals surface area contributed by atoms with Crippen molar-refractivity contribution in [1.29, 1.82) is 0 Å². The maximum atomic E-state index is 12.7. The third kappa shape index (κ3) is 5.81. The number of halogens is 3. The number of anilines is 2. The van der Waals surface area contributed by atoms with E-state index in [0.717, 1.165) is 5.41 Å². The lowest BCUT2D eigenvalue weighted by Crippen LogP contribution is -2.52. The number of nitrogens with one attached hydrogen (secondary N) is 2. The molecule has 0 aromatic heterocycles. The second kappa shape index (κ2) is 8.26. The number of aryl methyl sites for hydroxylation is 1. The van der Waals surface area contributed by atoms with Crippen molar-refractivity contribution in [2.75, 3.05) is 10.0 Å². The van der Waals surface area contributed by atoms with Crippen molar-refractivity contribution >= 4 is 33.4 Å². The van der Waals surface area contributed by atoms with Crippen LogP contribution in [-0.4, -0.2) is 31.2 Å². The number of hydrogen-bond acceptors (Lipinski definition) is 4. The van der Waals surface area contributed by atoms with Gasteiger partial charge in [-0.15, -0.1) is 0 Å². The van der Waals surface area contributed by atoms with E-state index in [1.807, 2.05) is 5.32 Å². The van der Waals surface area contributed by atoms with Crippen molar-refractivity contribution in [2.24, 2.45) is 0 Å². The fourth-order valence-corrected chi connectivity index (χ4v) is 3.03. The van der Waals surface area contributed by atoms with Crippen LogP contribution in [0.2, 0.25) is 0 Å². The van der Waals surface area contributed by atoms with Crippen LogP contribution >= 0.6 is 0 Å². The average molecular weight is 428 g/mol. The van der Waals surface area contributed by atoms with Crippen LogP contribution in [0.25, 0.3) is 6.08 Å². The van der Waals surface area contributed by atoms with Crippen molar-refractivity contribution in [2.45, 2.75) is 25.6 Å². The summed E-state index contributed by atoms with van der Waals surface area (Å²) in [5.41, 5.74) is -2.43. The normalized spacial score (nSPS) is 14.4. The van der Waals surface area contributed by atoms with Crippen LogP contribution in [0.5, 0.6) is 0 Å². The Labute approximate surface area is 166 Å². The molecule has 1 amide bonds. The van der Waals surface area contributed by atoms with Gasteiger partial charge in [0.25, 0.3) is 15.9 Å². The summed E-state index contributed by atoms with van der Waals surface area (Å²) in [6, 6.07) is 12.6. The number of alkyl halides is 3. The largest absolute Gasteiger partial charge is 0.426 e. The number of carbonyl (C=O) groups excluding carboxylic acids is 1. The SMILES string of the molecule is Cc1cc(NS(=O)(=O)/C=C/c2ccccc2)ccc1NC(=O)[C@@](C)(O)C(F)(F)F. The van der Waals surface area contributed by atoms with Gasteiger partial charge in [0, 0.05) is 11.4 Å². The van der Waals surface area contributed by atoms with Crippen LogP contribution in [0.15, 0.2) is 53.9 Å². The molecule has 29 heavy (non-hydrogen) atoms. The molecule has 156 valence electrons. The standard InChI is InChI=1S/C19H19F3N2O4S/c1-13-12-15(24-29(27,28)11-10-14-6-4-3-5-7-14)8-9-16(13)23-17(25)18(2,26)19(20,21)22/h3-12,24,26H,1-2H3,(H,23,25)/b11-10+/t18-/m1/s1. The summed E-state index contributed by atoms with van der Waals surface area (Å²) in [5, 5.41) is 12.4. The highest BCUT2D eigenvalue weighted by atomic mass is 32.2. The summed E-state index contributed by atoms with van der Waals surface area (Å²) >= 11 is 0. The van der Waals surface area contributed by atoms with E-state index in [2.05, 4.69) is 4.72 Å². The first kappa shape index (κ1) is 22.4. The van der Waals surface area contributed by atoms with Gasteiger partial charge in [-0.3, -0.25) is 9.52 Å². The highest BCUT2D eigenvalue weighted by Gasteiger charge is 2.55. The van der Waals surface area contributed by atoms with Crippen molar-refractivity contribution in [1.82, 2.24) is 0 Å². The summed E-state index contributed by atoms with van der Waals surface area (Å²) in [5.74, 6) is -1.65. The van der Waals surface area contributed by atoms with E-state index in [1.54, 1.807) is 30.3 Å². The zero-order valence-corrected chi connectivity index (χ0v) is 16.3. The minimum Gasteiger partial charge on any atom is -0.373 e. The molecule has 2 aromatic rings. The number of amides is 1. The van der Waals surface area contributed by atoms with Crippen LogP contribution in [0.1, 0.15) is 18.1 Å². The predicted octanol–water partition coefficient (Wildman–Crippen LogP) is 3.66. The van der Waals surface area contributed by atoms with Gasteiger partial charge in [0.05, 0.1) is 5.41 Å². The maximum Gasteiger partial charge on any atom is 0.426 e. The lowest BCUT2D eigenvalue weighted by Gasteiger charge is -2.25. The molecular formula is C19H19F3N2O4S. The minimum absolute atomic E-state index is 0.00213. The molecule has 6 nitrogen and oxygen atoms in total. The lowest BCUT2D eigenvalue weighted by atomic mass is 10.1. The molecule has 0 saturated carbocycles. The van der Waals surface area contributed by atoms with E-state index in [0.29, 0.717) is 18.1 Å². The lowest BCUT2D eigenvalue weighted by molar-refractivity contribution is -0.242. The Kier molecular flexibility index (Phi) is 6.39.